The number of hydrogen-bond donors (Lipinski definition) is 0. The second kappa shape index (κ2) is 7.97. The molecule has 0 aliphatic rings. The Kier molecular flexibility index (Phi) is 6.91. The van der Waals surface area contributed by atoms with Crippen LogP contribution in [-0.2, 0) is 0 Å². The molecule has 0 spiro atoms. The quantitative estimate of drug-likeness (QED) is 0.588. The minimum Gasteiger partial charge on any atom is -0.443 e. The van der Waals surface area contributed by atoms with Gasteiger partial charge in [0.25, 0.3) is 0 Å². The molecule has 21 heavy (non-hydrogen) atoms. The fourth-order valence-electron chi connectivity index (χ4n) is 1.57. The van der Waals surface area contributed by atoms with Gasteiger partial charge in [0.2, 0.25) is 0 Å². The summed E-state index contributed by atoms with van der Waals surface area (Å²) in [7, 11) is 0. The third kappa shape index (κ3) is 5.46. The van der Waals surface area contributed by atoms with Gasteiger partial charge < -0.3 is 17.7 Å². The zero-order chi connectivity index (χ0) is 14.6. The first-order valence-electron chi connectivity index (χ1n) is 5.88. The van der Waals surface area contributed by atoms with E-state index in [9.17, 15) is 17.7 Å². The van der Waals surface area contributed by atoms with Gasteiger partial charge in [-0.05, 0) is 29.8 Å². The summed E-state index contributed by atoms with van der Waals surface area (Å²) >= 11 is 0. The Hall–Kier alpha value is -0.839. The van der Waals surface area contributed by atoms with Gasteiger partial charge in [0.1, 0.15) is 5.68 Å². The van der Waals surface area contributed by atoms with Crippen LogP contribution >= 0.6 is 0 Å². The Morgan fingerprint density at radius 3 is 1.76 bits per heavy atom. The molecule has 0 aliphatic carbocycles. The van der Waals surface area contributed by atoms with Gasteiger partial charge in [-0.25, -0.2) is 0 Å². The first-order chi connectivity index (χ1) is 9.47. The first-order valence-corrected chi connectivity index (χ1v) is 5.88. The van der Waals surface area contributed by atoms with Crippen LogP contribution in [0, 0.1) is 11.8 Å². The molecule has 0 aromatic heterocycles. The molecule has 2 aromatic carbocycles. The summed E-state index contributed by atoms with van der Waals surface area (Å²) in [6.07, 6.45) is 0. The van der Waals surface area contributed by atoms with Crippen molar-refractivity contribution >= 4 is 12.7 Å². The normalized spacial score (nSPS) is 10.0. The maximum atomic E-state index is 12.3. The Labute approximate surface area is 163 Å². The first kappa shape index (κ1) is 18.2. The third-order valence-electron chi connectivity index (χ3n) is 2.59. The molecule has 0 fully saturated rings. The summed E-state index contributed by atoms with van der Waals surface area (Å²) in [4.78, 5) is 11.0. The van der Waals surface area contributed by atoms with Crippen LogP contribution in [0.15, 0.2) is 54.6 Å². The molecule has 2 rings (SSSR count). The predicted octanol–water partition coefficient (Wildman–Crippen LogP) is 0.660. The second-order valence-corrected chi connectivity index (χ2v) is 4.13. The summed E-state index contributed by atoms with van der Waals surface area (Å²) < 4.78 is 36.9. The van der Waals surface area contributed by atoms with Crippen LogP contribution in [0.1, 0.15) is 21.5 Å². The average molecular weight is 312 g/mol. The molecule has 0 heterocycles. The van der Waals surface area contributed by atoms with E-state index in [2.05, 4.69) is 11.8 Å². The fraction of sp³-hybridized carbons (Fsp3) is 0. The van der Waals surface area contributed by atoms with E-state index in [4.69, 9.17) is 0 Å². The average Bonchev–Trinajstić information content (AvgIpc) is 2.45. The summed E-state index contributed by atoms with van der Waals surface area (Å²) in [6.45, 7) is -5.49. The molecular formula is C15H9BF3KO. The van der Waals surface area contributed by atoms with Gasteiger partial charge in [-0.2, -0.15) is 0 Å². The number of hydrogen-bond acceptors (Lipinski definition) is 1. The van der Waals surface area contributed by atoms with E-state index in [0.717, 1.165) is 17.7 Å². The number of benzene rings is 2. The molecule has 0 unspecified atom stereocenters. The minimum atomic E-state index is -5.49. The molecule has 100 valence electrons. The van der Waals surface area contributed by atoms with Crippen molar-refractivity contribution < 1.29 is 69.1 Å². The van der Waals surface area contributed by atoms with Crippen LogP contribution in [0.4, 0.5) is 12.9 Å². The van der Waals surface area contributed by atoms with Crippen molar-refractivity contribution in [1.82, 2.24) is 0 Å². The Morgan fingerprint density at radius 2 is 1.29 bits per heavy atom. The molecule has 6 heteroatoms. The van der Waals surface area contributed by atoms with Crippen molar-refractivity contribution in [3.8, 4) is 11.8 Å². The molecule has 0 aliphatic heterocycles. The molecule has 0 amide bonds. The minimum absolute atomic E-state index is 0. The fourth-order valence-corrected chi connectivity index (χ4v) is 1.57. The maximum absolute atomic E-state index is 12.3. The summed E-state index contributed by atoms with van der Waals surface area (Å²) in [5.74, 6) is 5.71. The van der Waals surface area contributed by atoms with Crippen LogP contribution in [0.25, 0.3) is 0 Å². The van der Waals surface area contributed by atoms with Crippen molar-refractivity contribution in [2.75, 3.05) is 0 Å². The largest absolute Gasteiger partial charge is 1.00 e. The number of carbonyl (C=O) groups excluding carboxylic acids is 1. The predicted molar refractivity (Wildman–Crippen MR) is 72.3 cm³/mol. The van der Waals surface area contributed by atoms with Crippen molar-refractivity contribution in [3.05, 3.63) is 71.3 Å². The van der Waals surface area contributed by atoms with Gasteiger partial charge >= 0.3 is 58.4 Å². The summed E-state index contributed by atoms with van der Waals surface area (Å²) in [5.41, 5.74) is -0.776. The van der Waals surface area contributed by atoms with E-state index in [1.165, 1.54) is 12.1 Å². The van der Waals surface area contributed by atoms with E-state index in [-0.39, 0.29) is 56.9 Å². The molecule has 0 bridgehead atoms. The van der Waals surface area contributed by atoms with Crippen molar-refractivity contribution in [3.63, 3.8) is 0 Å². The van der Waals surface area contributed by atoms with Crippen molar-refractivity contribution in [2.45, 2.75) is 0 Å². The van der Waals surface area contributed by atoms with Gasteiger partial charge in [-0.1, -0.05) is 42.2 Å². The number of carbonyl (C=O) groups is 1. The Bertz CT molecular complexity index is 670. The molecular weight excluding hydrogens is 303 g/mol. The smallest absolute Gasteiger partial charge is 0.443 e. The standard InChI is InChI=1S/C15H9BF3O.K/c17-16(18,19)15(20)14-10-8-13(9-11-14)7-6-12-4-2-1-3-5-12;/h1-5,8-11H;/q-1;+1. The van der Waals surface area contributed by atoms with Gasteiger partial charge in [-0.3, -0.25) is 0 Å². The third-order valence-corrected chi connectivity index (χ3v) is 2.59. The Morgan fingerprint density at radius 1 is 0.810 bits per heavy atom. The molecule has 1 nitrogen and oxygen atoms in total. The molecule has 0 N–H and O–H groups in total. The van der Waals surface area contributed by atoms with Gasteiger partial charge in [0.05, 0.1) is 0 Å². The van der Waals surface area contributed by atoms with Crippen LogP contribution in [0.5, 0.6) is 0 Å². The zero-order valence-corrected chi connectivity index (χ0v) is 14.4. The zero-order valence-electron chi connectivity index (χ0n) is 11.3. The van der Waals surface area contributed by atoms with E-state index in [0.29, 0.717) is 5.56 Å². The van der Waals surface area contributed by atoms with Gasteiger partial charge in [0.15, 0.2) is 0 Å². The van der Waals surface area contributed by atoms with Gasteiger partial charge in [-0.15, -0.1) is 0 Å². The molecule has 0 saturated carbocycles. The van der Waals surface area contributed by atoms with Crippen LogP contribution in [-0.4, -0.2) is 12.7 Å². The van der Waals surface area contributed by atoms with E-state index in [1.807, 2.05) is 30.3 Å². The Balaban J connectivity index is 0.00000220. The monoisotopic (exact) mass is 312 g/mol. The summed E-state index contributed by atoms with van der Waals surface area (Å²) in [6, 6.07) is 14.3. The second-order valence-electron chi connectivity index (χ2n) is 4.13. The summed E-state index contributed by atoms with van der Waals surface area (Å²) in [5, 5.41) is 0. The number of halogens is 3. The molecule has 0 saturated heterocycles. The van der Waals surface area contributed by atoms with E-state index >= 15 is 0 Å². The van der Waals surface area contributed by atoms with Crippen LogP contribution in [0.2, 0.25) is 0 Å². The van der Waals surface area contributed by atoms with E-state index < -0.39 is 12.7 Å². The topological polar surface area (TPSA) is 17.1 Å². The van der Waals surface area contributed by atoms with Crippen LogP contribution in [0.3, 0.4) is 0 Å². The van der Waals surface area contributed by atoms with Crippen LogP contribution < -0.4 is 51.4 Å². The van der Waals surface area contributed by atoms with E-state index in [1.54, 1.807) is 0 Å². The van der Waals surface area contributed by atoms with Crippen molar-refractivity contribution in [2.24, 2.45) is 0 Å². The molecule has 2 aromatic rings. The number of rotatable bonds is 2. The SMILES string of the molecule is O=C(c1ccc(C#Cc2ccccc2)cc1)[B-](F)(F)F.[K+]. The van der Waals surface area contributed by atoms with Crippen molar-refractivity contribution in [1.29, 1.82) is 0 Å². The molecule has 0 atom stereocenters. The maximum Gasteiger partial charge on any atom is 1.00 e. The van der Waals surface area contributed by atoms with Gasteiger partial charge in [0, 0.05) is 11.1 Å². The molecule has 0 radical (unpaired) electrons.